The third-order valence-corrected chi connectivity index (χ3v) is 9.94. The molecular weight excluding hydrogens is 647 g/mol. The van der Waals surface area contributed by atoms with Gasteiger partial charge in [-0.25, -0.2) is 9.97 Å². The lowest BCUT2D eigenvalue weighted by Gasteiger charge is -2.14. The van der Waals surface area contributed by atoms with Crippen molar-refractivity contribution in [3.8, 4) is 67.4 Å². The molecule has 10 aromatic rings. The molecule has 3 heterocycles. The number of benzene rings is 7. The summed E-state index contributed by atoms with van der Waals surface area (Å²) in [4.78, 5) is 14.9. The minimum absolute atomic E-state index is 0.670. The van der Waals surface area contributed by atoms with Crippen LogP contribution in [0.25, 0.3) is 100 Å². The van der Waals surface area contributed by atoms with Gasteiger partial charge in [-0.2, -0.15) is 0 Å². The molecule has 0 radical (unpaired) electrons. The van der Waals surface area contributed by atoms with Gasteiger partial charge in [-0.05, 0) is 69.9 Å². The molecule has 248 valence electrons. The summed E-state index contributed by atoms with van der Waals surface area (Å²) in [6.07, 6.45) is 1.82. The van der Waals surface area contributed by atoms with Gasteiger partial charge in [-0.1, -0.05) is 140 Å². The summed E-state index contributed by atoms with van der Waals surface area (Å²) in [5.74, 6) is 0.670. The largest absolute Gasteiger partial charge is 0.455 e. The van der Waals surface area contributed by atoms with Crippen LogP contribution >= 0.6 is 0 Å². The number of pyridine rings is 1. The summed E-state index contributed by atoms with van der Waals surface area (Å²) >= 11 is 0. The number of para-hydroxylation sites is 2. The third-order valence-electron chi connectivity index (χ3n) is 9.94. The van der Waals surface area contributed by atoms with Crippen molar-refractivity contribution >= 4 is 32.7 Å². The van der Waals surface area contributed by atoms with Crippen LogP contribution in [0.5, 0.6) is 0 Å². The fourth-order valence-corrected chi connectivity index (χ4v) is 7.34. The van der Waals surface area contributed by atoms with Crippen LogP contribution in [0.3, 0.4) is 0 Å². The average molecular weight is 678 g/mol. The fourth-order valence-electron chi connectivity index (χ4n) is 7.34. The summed E-state index contributed by atoms with van der Waals surface area (Å²) in [5.41, 5.74) is 12.7. The second-order valence-electron chi connectivity index (χ2n) is 13.2. The lowest BCUT2D eigenvalue weighted by Crippen LogP contribution is -1.97. The highest BCUT2D eigenvalue weighted by Gasteiger charge is 2.17. The van der Waals surface area contributed by atoms with Gasteiger partial charge in [0.2, 0.25) is 0 Å². The maximum absolute atomic E-state index is 6.56. The number of aromatic nitrogens is 3. The number of nitrogens with zero attached hydrogens (tertiary/aromatic N) is 3. The zero-order valence-corrected chi connectivity index (χ0v) is 28.6. The highest BCUT2D eigenvalue weighted by atomic mass is 16.3. The molecule has 0 atom stereocenters. The normalized spacial score (nSPS) is 11.4. The molecule has 0 fully saturated rings. The number of furan rings is 1. The second-order valence-corrected chi connectivity index (χ2v) is 13.2. The first-order valence-corrected chi connectivity index (χ1v) is 17.8. The molecule has 0 unspecified atom stereocenters. The van der Waals surface area contributed by atoms with Crippen molar-refractivity contribution in [1.29, 1.82) is 0 Å². The van der Waals surface area contributed by atoms with Crippen LogP contribution in [0.2, 0.25) is 0 Å². The first-order valence-electron chi connectivity index (χ1n) is 17.8. The number of hydrogen-bond acceptors (Lipinski definition) is 4. The predicted octanol–water partition coefficient (Wildman–Crippen LogP) is 12.9. The Bertz CT molecular complexity index is 2930. The molecule has 7 aromatic carbocycles. The summed E-state index contributed by atoms with van der Waals surface area (Å²) in [6.45, 7) is 0. The molecule has 10 rings (SSSR count). The Morgan fingerprint density at radius 3 is 1.77 bits per heavy atom. The van der Waals surface area contributed by atoms with Gasteiger partial charge in [0.05, 0.1) is 17.1 Å². The Labute approximate surface area is 306 Å². The van der Waals surface area contributed by atoms with Crippen molar-refractivity contribution in [2.24, 2.45) is 0 Å². The topological polar surface area (TPSA) is 51.8 Å². The molecule has 0 saturated heterocycles. The van der Waals surface area contributed by atoms with Crippen molar-refractivity contribution in [2.75, 3.05) is 0 Å². The Hall–Kier alpha value is -7.17. The van der Waals surface area contributed by atoms with Crippen LogP contribution in [0, 0.1) is 0 Å². The monoisotopic (exact) mass is 677 g/mol. The molecule has 4 heteroatoms. The van der Waals surface area contributed by atoms with E-state index in [1.165, 1.54) is 10.8 Å². The van der Waals surface area contributed by atoms with Gasteiger partial charge in [0, 0.05) is 44.8 Å². The minimum atomic E-state index is 0.670. The molecule has 0 aliphatic carbocycles. The lowest BCUT2D eigenvalue weighted by molar-refractivity contribution is 0.670. The second kappa shape index (κ2) is 12.9. The van der Waals surface area contributed by atoms with Crippen molar-refractivity contribution < 1.29 is 4.42 Å². The van der Waals surface area contributed by atoms with E-state index in [9.17, 15) is 0 Å². The van der Waals surface area contributed by atoms with Gasteiger partial charge in [0.25, 0.3) is 0 Å². The van der Waals surface area contributed by atoms with Gasteiger partial charge in [-0.3, -0.25) is 4.98 Å². The van der Waals surface area contributed by atoms with E-state index >= 15 is 0 Å². The smallest absolute Gasteiger partial charge is 0.160 e. The number of fused-ring (bicyclic) bond motifs is 4. The van der Waals surface area contributed by atoms with Crippen LogP contribution in [-0.4, -0.2) is 15.0 Å². The first-order chi connectivity index (χ1) is 26.2. The molecule has 0 bridgehead atoms. The van der Waals surface area contributed by atoms with E-state index in [0.717, 1.165) is 83.5 Å². The van der Waals surface area contributed by atoms with Gasteiger partial charge < -0.3 is 4.42 Å². The summed E-state index contributed by atoms with van der Waals surface area (Å²) in [7, 11) is 0. The van der Waals surface area contributed by atoms with Crippen LogP contribution in [0.4, 0.5) is 0 Å². The molecule has 0 saturated carbocycles. The van der Waals surface area contributed by atoms with E-state index in [2.05, 4.69) is 138 Å². The van der Waals surface area contributed by atoms with Crippen LogP contribution in [0.1, 0.15) is 0 Å². The SMILES string of the molecule is c1ccc(-c2nc(-c3ccc(-c4ccccn4)cc3)cc(-c3cc(-c4cccc5ccccc45)cc(-c4cccc5c4oc4ccccc45)c3)n2)cc1. The number of rotatable bonds is 6. The first kappa shape index (κ1) is 30.6. The average Bonchev–Trinajstić information content (AvgIpc) is 3.63. The van der Waals surface area contributed by atoms with E-state index in [1.54, 1.807) is 0 Å². The maximum Gasteiger partial charge on any atom is 0.160 e. The van der Waals surface area contributed by atoms with Crippen LogP contribution in [-0.2, 0) is 0 Å². The molecule has 3 aromatic heterocycles. The van der Waals surface area contributed by atoms with E-state index in [4.69, 9.17) is 14.4 Å². The van der Waals surface area contributed by atoms with Crippen molar-refractivity contribution in [3.63, 3.8) is 0 Å². The summed E-state index contributed by atoms with van der Waals surface area (Å²) < 4.78 is 6.56. The molecule has 0 N–H and O–H groups in total. The van der Waals surface area contributed by atoms with E-state index in [-0.39, 0.29) is 0 Å². The quantitative estimate of drug-likeness (QED) is 0.176. The van der Waals surface area contributed by atoms with Gasteiger partial charge in [0.15, 0.2) is 5.82 Å². The van der Waals surface area contributed by atoms with Gasteiger partial charge in [0.1, 0.15) is 11.2 Å². The minimum Gasteiger partial charge on any atom is -0.455 e. The highest BCUT2D eigenvalue weighted by Crippen LogP contribution is 2.41. The summed E-state index contributed by atoms with van der Waals surface area (Å²) in [5, 5.41) is 4.60. The standard InChI is InChI=1S/C49H31N3O/c1-2-13-35(14-3-1)49-51-45(34-25-23-33(24-26-34)44-21-8-9-27-50-44)31-46(52-49)38-29-36(40-18-10-15-32-12-4-5-16-39(32)40)28-37(30-38)41-19-11-20-43-42-17-6-7-22-47(42)53-48(41)43/h1-31H. The third kappa shape index (κ3) is 5.63. The molecule has 0 amide bonds. The molecule has 0 spiro atoms. The molecular formula is C49H31N3O. The molecule has 0 aliphatic heterocycles. The predicted molar refractivity (Wildman–Crippen MR) is 217 cm³/mol. The zero-order chi connectivity index (χ0) is 35.1. The van der Waals surface area contributed by atoms with Crippen LogP contribution < -0.4 is 0 Å². The van der Waals surface area contributed by atoms with Crippen LogP contribution in [0.15, 0.2) is 193 Å². The van der Waals surface area contributed by atoms with Gasteiger partial charge in [-0.15, -0.1) is 0 Å². The highest BCUT2D eigenvalue weighted by molar-refractivity contribution is 6.10. The molecule has 53 heavy (non-hydrogen) atoms. The lowest BCUT2D eigenvalue weighted by atomic mass is 9.91. The Balaban J connectivity index is 1.20. The maximum atomic E-state index is 6.56. The summed E-state index contributed by atoms with van der Waals surface area (Å²) in [6, 6.07) is 63.2. The van der Waals surface area contributed by atoms with E-state index < -0.39 is 0 Å². The molecule has 4 nitrogen and oxygen atoms in total. The molecule has 0 aliphatic rings. The van der Waals surface area contributed by atoms with E-state index in [1.807, 2.05) is 54.7 Å². The van der Waals surface area contributed by atoms with Crippen molar-refractivity contribution in [3.05, 3.63) is 188 Å². The van der Waals surface area contributed by atoms with E-state index in [0.29, 0.717) is 5.82 Å². The zero-order valence-electron chi connectivity index (χ0n) is 28.6. The Kier molecular flexibility index (Phi) is 7.43. The van der Waals surface area contributed by atoms with Gasteiger partial charge >= 0.3 is 0 Å². The fraction of sp³-hybridized carbons (Fsp3) is 0. The van der Waals surface area contributed by atoms with Crippen molar-refractivity contribution in [2.45, 2.75) is 0 Å². The Morgan fingerprint density at radius 2 is 0.962 bits per heavy atom. The van der Waals surface area contributed by atoms with Crippen molar-refractivity contribution in [1.82, 2.24) is 15.0 Å². The number of hydrogen-bond donors (Lipinski definition) is 0. The Morgan fingerprint density at radius 1 is 0.358 bits per heavy atom.